The van der Waals surface area contributed by atoms with E-state index in [1.165, 1.54) is 17.9 Å². The third-order valence-electron chi connectivity index (χ3n) is 1.48. The van der Waals surface area contributed by atoms with E-state index < -0.39 is 17.5 Å². The Labute approximate surface area is 81.7 Å². The van der Waals surface area contributed by atoms with Crippen molar-refractivity contribution in [1.82, 2.24) is 9.55 Å². The number of nitrogens with zero attached hydrogens (tertiary/aromatic N) is 2. The van der Waals surface area contributed by atoms with E-state index in [0.29, 0.717) is 0 Å². The molecule has 0 saturated carbocycles. The van der Waals surface area contributed by atoms with Crippen molar-refractivity contribution >= 4 is 5.97 Å². The summed E-state index contributed by atoms with van der Waals surface area (Å²) in [6.45, 7) is 5.16. The Morgan fingerprint density at radius 1 is 1.57 bits per heavy atom. The van der Waals surface area contributed by atoms with Crippen molar-refractivity contribution in [3.05, 3.63) is 18.0 Å². The van der Waals surface area contributed by atoms with Gasteiger partial charge >= 0.3 is 5.97 Å². The van der Waals surface area contributed by atoms with Crippen molar-refractivity contribution in [2.24, 2.45) is 7.05 Å². The fraction of sp³-hybridized carbons (Fsp3) is 0.556. The van der Waals surface area contributed by atoms with Gasteiger partial charge in [0.1, 0.15) is 5.60 Å². The molecule has 0 spiro atoms. The SMILES string of the molecule is Cn1cnc(F)c1C(=O)OC(C)(C)C. The lowest BCUT2D eigenvalue weighted by atomic mass is 10.2. The molecule has 0 unspecified atom stereocenters. The second-order valence-corrected chi connectivity index (χ2v) is 4.00. The standard InChI is InChI=1S/C9H13FN2O2/c1-9(2,3)14-8(13)6-7(10)11-5-12(6)4/h5H,1-4H3. The number of carbonyl (C=O) groups excluding carboxylic acids is 1. The summed E-state index contributed by atoms with van der Waals surface area (Å²) in [6, 6.07) is 0. The van der Waals surface area contributed by atoms with Gasteiger partial charge in [0.05, 0.1) is 6.33 Å². The van der Waals surface area contributed by atoms with Gasteiger partial charge < -0.3 is 9.30 Å². The number of esters is 1. The first-order valence-corrected chi connectivity index (χ1v) is 4.21. The van der Waals surface area contributed by atoms with Crippen LogP contribution in [-0.2, 0) is 11.8 Å². The predicted molar refractivity (Wildman–Crippen MR) is 48.3 cm³/mol. The van der Waals surface area contributed by atoms with Gasteiger partial charge in [-0.15, -0.1) is 0 Å². The summed E-state index contributed by atoms with van der Waals surface area (Å²) in [5, 5.41) is 0. The molecular formula is C9H13FN2O2. The van der Waals surface area contributed by atoms with Crippen LogP contribution in [0.4, 0.5) is 4.39 Å². The highest BCUT2D eigenvalue weighted by Gasteiger charge is 2.23. The maximum Gasteiger partial charge on any atom is 0.360 e. The molecule has 0 amide bonds. The van der Waals surface area contributed by atoms with Gasteiger partial charge in [0.15, 0.2) is 5.69 Å². The fourth-order valence-electron chi connectivity index (χ4n) is 0.956. The molecule has 5 heteroatoms. The molecule has 1 aromatic rings. The van der Waals surface area contributed by atoms with Gasteiger partial charge in [0.25, 0.3) is 0 Å². The first-order valence-electron chi connectivity index (χ1n) is 4.21. The molecule has 14 heavy (non-hydrogen) atoms. The highest BCUT2D eigenvalue weighted by Crippen LogP contribution is 2.13. The number of carbonyl (C=O) groups is 1. The predicted octanol–water partition coefficient (Wildman–Crippen LogP) is 1.51. The van der Waals surface area contributed by atoms with Crippen LogP contribution in [0, 0.1) is 5.95 Å². The largest absolute Gasteiger partial charge is 0.455 e. The molecule has 0 aliphatic carbocycles. The van der Waals surface area contributed by atoms with Crippen LogP contribution >= 0.6 is 0 Å². The van der Waals surface area contributed by atoms with E-state index in [-0.39, 0.29) is 5.69 Å². The van der Waals surface area contributed by atoms with Crippen LogP contribution in [0.2, 0.25) is 0 Å². The lowest BCUT2D eigenvalue weighted by Gasteiger charge is -2.19. The fourth-order valence-corrected chi connectivity index (χ4v) is 0.956. The van der Waals surface area contributed by atoms with Crippen LogP contribution in [0.3, 0.4) is 0 Å². The van der Waals surface area contributed by atoms with Crippen LogP contribution in [0.15, 0.2) is 6.33 Å². The average molecular weight is 200 g/mol. The Balaban J connectivity index is 2.90. The van der Waals surface area contributed by atoms with E-state index in [1.807, 2.05) is 0 Å². The van der Waals surface area contributed by atoms with Crippen molar-refractivity contribution < 1.29 is 13.9 Å². The van der Waals surface area contributed by atoms with E-state index in [0.717, 1.165) is 0 Å². The molecule has 0 N–H and O–H groups in total. The maximum absolute atomic E-state index is 13.0. The van der Waals surface area contributed by atoms with Gasteiger partial charge in [0.2, 0.25) is 5.95 Å². The molecule has 1 rings (SSSR count). The molecule has 78 valence electrons. The third-order valence-corrected chi connectivity index (χ3v) is 1.48. The van der Waals surface area contributed by atoms with Gasteiger partial charge in [0, 0.05) is 7.05 Å². The van der Waals surface area contributed by atoms with Crippen molar-refractivity contribution in [2.45, 2.75) is 26.4 Å². The maximum atomic E-state index is 13.0. The van der Waals surface area contributed by atoms with Crippen LogP contribution < -0.4 is 0 Å². The Bertz CT molecular complexity index is 333. The number of imidazole rings is 1. The Morgan fingerprint density at radius 2 is 2.14 bits per heavy atom. The van der Waals surface area contributed by atoms with E-state index in [1.54, 1.807) is 20.8 Å². The van der Waals surface area contributed by atoms with Gasteiger partial charge in [-0.25, -0.2) is 9.78 Å². The van der Waals surface area contributed by atoms with Gasteiger partial charge in [-0.2, -0.15) is 4.39 Å². The topological polar surface area (TPSA) is 44.1 Å². The van der Waals surface area contributed by atoms with Crippen LogP contribution in [-0.4, -0.2) is 21.1 Å². The van der Waals surface area contributed by atoms with Crippen molar-refractivity contribution in [3.8, 4) is 0 Å². The van der Waals surface area contributed by atoms with E-state index >= 15 is 0 Å². The second-order valence-electron chi connectivity index (χ2n) is 4.00. The summed E-state index contributed by atoms with van der Waals surface area (Å²) in [6.07, 6.45) is 1.23. The Hall–Kier alpha value is -1.39. The number of halogens is 1. The number of rotatable bonds is 1. The number of hydrogen-bond donors (Lipinski definition) is 0. The molecule has 0 bridgehead atoms. The van der Waals surface area contributed by atoms with E-state index in [9.17, 15) is 9.18 Å². The third kappa shape index (κ3) is 2.31. The molecule has 1 heterocycles. The van der Waals surface area contributed by atoms with Crippen molar-refractivity contribution in [1.29, 1.82) is 0 Å². The highest BCUT2D eigenvalue weighted by molar-refractivity contribution is 5.87. The first-order chi connectivity index (χ1) is 6.31. The molecule has 1 aromatic heterocycles. The molecule has 0 fully saturated rings. The first kappa shape index (κ1) is 10.7. The zero-order valence-corrected chi connectivity index (χ0v) is 8.67. The minimum Gasteiger partial charge on any atom is -0.455 e. The number of ether oxygens (including phenoxy) is 1. The van der Waals surface area contributed by atoms with Gasteiger partial charge in [-0.1, -0.05) is 0 Å². The second kappa shape index (κ2) is 3.40. The summed E-state index contributed by atoms with van der Waals surface area (Å²) in [5.74, 6) is -1.50. The molecule has 4 nitrogen and oxygen atoms in total. The quantitative estimate of drug-likeness (QED) is 0.645. The van der Waals surface area contributed by atoms with E-state index in [2.05, 4.69) is 4.98 Å². The monoisotopic (exact) mass is 200 g/mol. The average Bonchev–Trinajstić information content (AvgIpc) is 2.27. The zero-order chi connectivity index (χ0) is 10.9. The number of hydrogen-bond acceptors (Lipinski definition) is 3. The summed E-state index contributed by atoms with van der Waals surface area (Å²) >= 11 is 0. The zero-order valence-electron chi connectivity index (χ0n) is 8.67. The minimum absolute atomic E-state index is 0.153. The summed E-state index contributed by atoms with van der Waals surface area (Å²) in [5.41, 5.74) is -0.784. The molecule has 0 saturated heterocycles. The molecule has 0 radical (unpaired) electrons. The molecule has 0 aliphatic heterocycles. The van der Waals surface area contributed by atoms with Crippen LogP contribution in [0.25, 0.3) is 0 Å². The number of aromatic nitrogens is 2. The lowest BCUT2D eigenvalue weighted by molar-refractivity contribution is 0.00535. The van der Waals surface area contributed by atoms with E-state index in [4.69, 9.17) is 4.74 Å². The summed E-state index contributed by atoms with van der Waals surface area (Å²) in [7, 11) is 1.54. The Morgan fingerprint density at radius 3 is 2.50 bits per heavy atom. The molecule has 0 aliphatic rings. The van der Waals surface area contributed by atoms with Crippen molar-refractivity contribution in [3.63, 3.8) is 0 Å². The smallest absolute Gasteiger partial charge is 0.360 e. The van der Waals surface area contributed by atoms with Gasteiger partial charge in [-0.3, -0.25) is 0 Å². The summed E-state index contributed by atoms with van der Waals surface area (Å²) < 4.78 is 19.3. The molecule has 0 atom stereocenters. The summed E-state index contributed by atoms with van der Waals surface area (Å²) in [4.78, 5) is 14.8. The number of aryl methyl sites for hydroxylation is 1. The van der Waals surface area contributed by atoms with Gasteiger partial charge in [-0.05, 0) is 20.8 Å². The minimum atomic E-state index is -0.804. The van der Waals surface area contributed by atoms with Crippen LogP contribution in [0.1, 0.15) is 31.3 Å². The molecule has 0 aromatic carbocycles. The van der Waals surface area contributed by atoms with Crippen LogP contribution in [0.5, 0.6) is 0 Å². The Kier molecular flexibility index (Phi) is 2.59. The van der Waals surface area contributed by atoms with Crippen molar-refractivity contribution in [2.75, 3.05) is 0 Å². The molecular weight excluding hydrogens is 187 g/mol. The highest BCUT2D eigenvalue weighted by atomic mass is 19.1. The normalized spacial score (nSPS) is 11.5. The lowest BCUT2D eigenvalue weighted by Crippen LogP contribution is -2.25.